The third-order valence-electron chi connectivity index (χ3n) is 9.66. The summed E-state index contributed by atoms with van der Waals surface area (Å²) >= 11 is 0. The minimum atomic E-state index is -4.95. The fraction of sp³-hybridized carbons (Fsp3) is 0.324. The van der Waals surface area contributed by atoms with Crippen molar-refractivity contribution in [3.05, 3.63) is 99.6 Å². The van der Waals surface area contributed by atoms with Crippen molar-refractivity contribution in [2.45, 2.75) is 61.7 Å². The quantitative estimate of drug-likeness (QED) is 0.0779. The number of ether oxygens (including phenoxy) is 1. The normalized spacial score (nSPS) is 15.4. The Kier molecular flexibility index (Phi) is 9.10. The van der Waals surface area contributed by atoms with E-state index in [-0.39, 0.29) is 5.56 Å². The Labute approximate surface area is 291 Å². The number of benzene rings is 4. The fourth-order valence-electron chi connectivity index (χ4n) is 7.24. The van der Waals surface area contributed by atoms with E-state index in [2.05, 4.69) is 33.7 Å². The van der Waals surface area contributed by atoms with Gasteiger partial charge in [-0.1, -0.05) is 25.8 Å². The molecule has 2 N–H and O–H groups in total. The molecule has 4 aromatic carbocycles. The molecule has 0 unspecified atom stereocenters. The SMILES string of the molecule is CCCCCN(C)c1ccc(N=Nc2ccc3c(c2)Oc2c4c5c(cc2=C3c2ccc(S(=O)(=O)O)cc2S(=O)(=O)O)CCC[N+]=5CCC4)cc1. The number of anilines is 1. The van der Waals surface area contributed by atoms with Crippen molar-refractivity contribution in [2.75, 3.05) is 31.6 Å². The standard InChI is InChI=1S/C37H38N4O7S2/c1-3-4-5-18-40(2)27-13-10-25(11-14-27)38-39-26-12-16-29-33(22-26)48-37-31-9-7-20-41-19-6-8-24(36(31)41)21-32(37)35(29)30-17-15-28(49(42,43)44)23-34(30)50(45,46)47/h10-17,21-23H,3-9,18-20H2,1-2H3,(H-,42,43,44,45,46,47)/p+1. The van der Waals surface area contributed by atoms with Crippen molar-refractivity contribution in [2.24, 2.45) is 10.2 Å². The predicted octanol–water partition coefficient (Wildman–Crippen LogP) is 5.96. The number of nitrogens with zero attached hydrogens (tertiary/aromatic N) is 4. The van der Waals surface area contributed by atoms with Crippen LogP contribution < -0.4 is 24.8 Å². The highest BCUT2D eigenvalue weighted by molar-refractivity contribution is 7.86. The molecule has 0 fully saturated rings. The van der Waals surface area contributed by atoms with Crippen molar-refractivity contribution in [3.8, 4) is 11.5 Å². The average molecular weight is 716 g/mol. The van der Waals surface area contributed by atoms with Gasteiger partial charge in [0.1, 0.15) is 29.5 Å². The van der Waals surface area contributed by atoms with Gasteiger partial charge in [-0.05, 0) is 73.9 Å². The summed E-state index contributed by atoms with van der Waals surface area (Å²) < 4.78 is 78.7. The molecular formula is C37H39N4O7S2+. The third-order valence-corrected chi connectivity index (χ3v) is 11.4. The second-order valence-corrected chi connectivity index (χ2v) is 15.9. The summed E-state index contributed by atoms with van der Waals surface area (Å²) in [6.45, 7) is 5.05. The van der Waals surface area contributed by atoms with Crippen molar-refractivity contribution < 1.29 is 30.7 Å². The van der Waals surface area contributed by atoms with E-state index in [1.54, 1.807) is 18.2 Å². The van der Waals surface area contributed by atoms with E-state index in [1.807, 2.05) is 30.3 Å². The third kappa shape index (κ3) is 6.58. The first-order valence-corrected chi connectivity index (χ1v) is 19.8. The first-order valence-electron chi connectivity index (χ1n) is 16.9. The van der Waals surface area contributed by atoms with E-state index in [0.29, 0.717) is 39.2 Å². The summed E-state index contributed by atoms with van der Waals surface area (Å²) in [5.74, 6) is 1.00. The summed E-state index contributed by atoms with van der Waals surface area (Å²) in [7, 11) is -7.63. The van der Waals surface area contributed by atoms with Crippen molar-refractivity contribution in [1.82, 2.24) is 4.58 Å². The summed E-state index contributed by atoms with van der Waals surface area (Å²) in [6, 6.07) is 18.3. The first-order chi connectivity index (χ1) is 23.9. The zero-order chi connectivity index (χ0) is 35.2. The topological polar surface area (TPSA) is 149 Å². The molecule has 0 aliphatic carbocycles. The largest absolute Gasteiger partial charge is 0.455 e. The van der Waals surface area contributed by atoms with Gasteiger partial charge in [0.15, 0.2) is 0 Å². The van der Waals surface area contributed by atoms with Gasteiger partial charge in [0, 0.05) is 65.7 Å². The van der Waals surface area contributed by atoms with Crippen LogP contribution in [0.25, 0.3) is 5.57 Å². The summed E-state index contributed by atoms with van der Waals surface area (Å²) in [5, 5.41) is 10.7. The summed E-state index contributed by atoms with van der Waals surface area (Å²) in [5.41, 5.74) is 5.52. The molecule has 0 bridgehead atoms. The molecule has 0 amide bonds. The van der Waals surface area contributed by atoms with Crippen LogP contribution in [0.15, 0.2) is 86.7 Å². The van der Waals surface area contributed by atoms with Gasteiger partial charge >= 0.3 is 0 Å². The molecule has 0 saturated heterocycles. The average Bonchev–Trinajstić information content (AvgIpc) is 3.09. The Morgan fingerprint density at radius 1 is 0.820 bits per heavy atom. The highest BCUT2D eigenvalue weighted by Gasteiger charge is 2.33. The van der Waals surface area contributed by atoms with Crippen LogP contribution in [0, 0.1) is 0 Å². The molecule has 0 spiro atoms. The number of hydrogen-bond donors (Lipinski definition) is 2. The Bertz CT molecular complexity index is 2390. The zero-order valence-electron chi connectivity index (χ0n) is 28.0. The second kappa shape index (κ2) is 13.4. The molecule has 3 heterocycles. The number of rotatable bonds is 10. The van der Waals surface area contributed by atoms with Crippen LogP contribution in [0.1, 0.15) is 61.3 Å². The lowest BCUT2D eigenvalue weighted by Gasteiger charge is -2.27. The Hall–Kier alpha value is -4.43. The Balaban J connectivity index is 1.36. The Morgan fingerprint density at radius 2 is 1.52 bits per heavy atom. The van der Waals surface area contributed by atoms with E-state index in [4.69, 9.17) is 4.74 Å². The van der Waals surface area contributed by atoms with Crippen LogP contribution in [0.4, 0.5) is 17.1 Å². The molecule has 7 rings (SSSR count). The number of aryl methyl sites for hydroxylation is 1. The van der Waals surface area contributed by atoms with Crippen LogP contribution in [0.2, 0.25) is 0 Å². The first kappa shape index (κ1) is 34.0. The van der Waals surface area contributed by atoms with Gasteiger partial charge in [-0.15, -0.1) is 0 Å². The number of hydrogen-bond acceptors (Lipinski definition) is 8. The zero-order valence-corrected chi connectivity index (χ0v) is 29.6. The van der Waals surface area contributed by atoms with Crippen LogP contribution in [0.3, 0.4) is 0 Å². The smallest absolute Gasteiger partial charge is 0.295 e. The van der Waals surface area contributed by atoms with E-state index in [9.17, 15) is 25.9 Å². The lowest BCUT2D eigenvalue weighted by molar-refractivity contribution is 0.437. The molecule has 0 aromatic heterocycles. The molecular weight excluding hydrogens is 677 g/mol. The van der Waals surface area contributed by atoms with E-state index < -0.39 is 30.0 Å². The molecule has 0 radical (unpaired) electrons. The molecule has 50 heavy (non-hydrogen) atoms. The summed E-state index contributed by atoms with van der Waals surface area (Å²) in [4.78, 5) is 0.930. The van der Waals surface area contributed by atoms with Gasteiger partial charge in [0.25, 0.3) is 20.2 Å². The lowest BCUT2D eigenvalue weighted by atomic mass is 9.87. The van der Waals surface area contributed by atoms with E-state index in [0.717, 1.165) is 86.0 Å². The maximum Gasteiger partial charge on any atom is 0.295 e. The van der Waals surface area contributed by atoms with Crippen LogP contribution >= 0.6 is 0 Å². The Morgan fingerprint density at radius 3 is 2.24 bits per heavy atom. The minimum Gasteiger partial charge on any atom is -0.455 e. The van der Waals surface area contributed by atoms with E-state index >= 15 is 0 Å². The van der Waals surface area contributed by atoms with Gasteiger partial charge < -0.3 is 9.64 Å². The monoisotopic (exact) mass is 715 g/mol. The van der Waals surface area contributed by atoms with Crippen molar-refractivity contribution >= 4 is 42.9 Å². The highest BCUT2D eigenvalue weighted by Crippen LogP contribution is 2.42. The van der Waals surface area contributed by atoms with Crippen LogP contribution in [-0.2, 0) is 33.1 Å². The molecule has 11 nitrogen and oxygen atoms in total. The number of fused-ring (bicyclic) bond motifs is 3. The fourth-order valence-corrected chi connectivity index (χ4v) is 8.55. The van der Waals surface area contributed by atoms with Gasteiger partial charge in [-0.3, -0.25) is 9.11 Å². The molecule has 4 aromatic rings. The van der Waals surface area contributed by atoms with Crippen LogP contribution in [-0.4, -0.2) is 52.6 Å². The second-order valence-electron chi connectivity index (χ2n) is 13.0. The highest BCUT2D eigenvalue weighted by atomic mass is 32.2. The van der Waals surface area contributed by atoms with Crippen molar-refractivity contribution in [1.29, 1.82) is 0 Å². The lowest BCUT2D eigenvalue weighted by Crippen LogP contribution is -2.45. The molecule has 260 valence electrons. The number of azo groups is 1. The molecule has 0 saturated carbocycles. The predicted molar refractivity (Wildman–Crippen MR) is 191 cm³/mol. The molecule has 13 heteroatoms. The van der Waals surface area contributed by atoms with Crippen LogP contribution in [0.5, 0.6) is 11.5 Å². The maximum atomic E-state index is 12.8. The number of unbranched alkanes of at least 4 members (excludes halogenated alkanes) is 2. The summed E-state index contributed by atoms with van der Waals surface area (Å²) in [6.07, 6.45) is 7.00. The molecule has 0 atom stereocenters. The molecule has 3 aliphatic rings. The van der Waals surface area contributed by atoms with Gasteiger partial charge in [0.05, 0.1) is 21.8 Å². The van der Waals surface area contributed by atoms with Crippen molar-refractivity contribution in [3.63, 3.8) is 0 Å². The van der Waals surface area contributed by atoms with Gasteiger partial charge in [-0.25, -0.2) is 4.58 Å². The maximum absolute atomic E-state index is 12.8. The van der Waals surface area contributed by atoms with Gasteiger partial charge in [-0.2, -0.15) is 27.1 Å². The minimum absolute atomic E-state index is 0.0791. The van der Waals surface area contributed by atoms with Gasteiger partial charge in [0.2, 0.25) is 5.36 Å². The molecule has 3 aliphatic heterocycles. The van der Waals surface area contributed by atoms with E-state index in [1.165, 1.54) is 18.9 Å².